The van der Waals surface area contributed by atoms with E-state index in [9.17, 15) is 14.7 Å². The topological polar surface area (TPSA) is 69.6 Å². The number of anilines is 1. The van der Waals surface area contributed by atoms with Gasteiger partial charge in [0.15, 0.2) is 0 Å². The van der Waals surface area contributed by atoms with E-state index < -0.39 is 12.1 Å². The number of carbonyl (C=O) groups is 2. The largest absolute Gasteiger partial charge is 0.391 e. The summed E-state index contributed by atoms with van der Waals surface area (Å²) < 4.78 is 0. The summed E-state index contributed by atoms with van der Waals surface area (Å²) in [6.07, 6.45) is -0.363. The average Bonchev–Trinajstić information content (AvgIpc) is 2.67. The Morgan fingerprint density at radius 3 is 2.94 bits per heavy atom. The highest BCUT2D eigenvalue weighted by molar-refractivity contribution is 6.31. The highest BCUT2D eigenvalue weighted by atomic mass is 35.5. The third-order valence-corrected chi connectivity index (χ3v) is 3.55. The molecule has 0 bridgehead atoms. The molecule has 1 aromatic carbocycles. The van der Waals surface area contributed by atoms with Crippen molar-refractivity contribution in [3.63, 3.8) is 0 Å². The molecule has 1 aromatic rings. The Hall–Kier alpha value is -1.59. The summed E-state index contributed by atoms with van der Waals surface area (Å²) in [5.41, 5.74) is 0.839. The number of hydrogen-bond acceptors (Lipinski definition) is 3. The second-order valence-corrected chi connectivity index (χ2v) is 4.98. The summed E-state index contributed by atoms with van der Waals surface area (Å²) in [6.45, 7) is 0.193. The molecule has 0 spiro atoms. The molecule has 5 nitrogen and oxygen atoms in total. The number of amides is 2. The molecule has 1 saturated heterocycles. The monoisotopic (exact) mass is 266 g/mol. The van der Waals surface area contributed by atoms with Crippen molar-refractivity contribution in [2.45, 2.75) is 18.6 Å². The van der Waals surface area contributed by atoms with Crippen LogP contribution in [0, 0.1) is 0 Å². The number of nitrogens with zero attached hydrogens (tertiary/aromatic N) is 1. The smallest absolute Gasteiger partial charge is 0.256 e. The van der Waals surface area contributed by atoms with Gasteiger partial charge in [-0.15, -0.1) is 0 Å². The summed E-state index contributed by atoms with van der Waals surface area (Å²) in [4.78, 5) is 25.7. The van der Waals surface area contributed by atoms with Crippen molar-refractivity contribution >= 4 is 29.1 Å². The van der Waals surface area contributed by atoms with E-state index in [-0.39, 0.29) is 24.8 Å². The first kappa shape index (κ1) is 11.5. The standard InChI is InChI=1S/C12H11ClN2O3/c13-6-1-2-8-9(3-6)14-11(17)10-4-7(16)5-15(10)12(8)18/h1-3,7,10,16H,4-5H2,(H,14,17)/t7-,10-/m1/s1. The van der Waals surface area contributed by atoms with E-state index >= 15 is 0 Å². The van der Waals surface area contributed by atoms with Gasteiger partial charge < -0.3 is 15.3 Å². The Bertz CT molecular complexity index is 546. The molecule has 3 rings (SSSR count). The van der Waals surface area contributed by atoms with E-state index in [1.165, 1.54) is 4.90 Å². The minimum atomic E-state index is -0.640. The Morgan fingerprint density at radius 1 is 1.39 bits per heavy atom. The van der Waals surface area contributed by atoms with Gasteiger partial charge in [-0.2, -0.15) is 0 Å². The SMILES string of the molecule is O=C1Nc2cc(Cl)ccc2C(=O)N2C[C@H](O)C[C@H]12. The number of halogens is 1. The summed E-state index contributed by atoms with van der Waals surface area (Å²) in [6, 6.07) is 4.16. The summed E-state index contributed by atoms with van der Waals surface area (Å²) in [7, 11) is 0. The van der Waals surface area contributed by atoms with Crippen LogP contribution in [0.1, 0.15) is 16.8 Å². The van der Waals surface area contributed by atoms with Gasteiger partial charge in [-0.25, -0.2) is 0 Å². The molecule has 94 valence electrons. The Labute approximate surface area is 108 Å². The molecule has 2 amide bonds. The maximum atomic E-state index is 12.3. The molecule has 2 N–H and O–H groups in total. The molecule has 0 aliphatic carbocycles. The summed E-state index contributed by atoms with van der Waals surface area (Å²) in [5.74, 6) is -0.525. The van der Waals surface area contributed by atoms with Crippen LogP contribution in [0.15, 0.2) is 18.2 Å². The molecule has 18 heavy (non-hydrogen) atoms. The van der Waals surface area contributed by atoms with Crippen molar-refractivity contribution in [1.82, 2.24) is 4.90 Å². The van der Waals surface area contributed by atoms with Gasteiger partial charge in [0.05, 0.1) is 17.4 Å². The Kier molecular flexibility index (Phi) is 2.53. The molecule has 2 heterocycles. The van der Waals surface area contributed by atoms with Gasteiger partial charge in [0, 0.05) is 18.0 Å². The van der Waals surface area contributed by atoms with Gasteiger partial charge >= 0.3 is 0 Å². The van der Waals surface area contributed by atoms with Crippen LogP contribution in [0.4, 0.5) is 5.69 Å². The lowest BCUT2D eigenvalue weighted by Crippen LogP contribution is -2.40. The number of hydrogen-bond donors (Lipinski definition) is 2. The predicted octanol–water partition coefficient (Wildman–Crippen LogP) is 0.867. The number of nitrogens with one attached hydrogen (secondary N) is 1. The fourth-order valence-electron chi connectivity index (χ4n) is 2.46. The number of fused-ring (bicyclic) bond motifs is 2. The van der Waals surface area contributed by atoms with Crippen molar-refractivity contribution in [3.05, 3.63) is 28.8 Å². The lowest BCUT2D eigenvalue weighted by molar-refractivity contribution is -0.119. The quantitative estimate of drug-likeness (QED) is 0.732. The van der Waals surface area contributed by atoms with E-state index in [2.05, 4.69) is 5.32 Å². The average molecular weight is 267 g/mol. The van der Waals surface area contributed by atoms with Crippen LogP contribution in [0.25, 0.3) is 0 Å². The van der Waals surface area contributed by atoms with Crippen LogP contribution >= 0.6 is 11.6 Å². The van der Waals surface area contributed by atoms with Crippen LogP contribution in [0.2, 0.25) is 5.02 Å². The molecule has 2 atom stereocenters. The fraction of sp³-hybridized carbons (Fsp3) is 0.333. The Balaban J connectivity index is 2.08. The van der Waals surface area contributed by atoms with Gasteiger partial charge in [0.25, 0.3) is 5.91 Å². The maximum absolute atomic E-state index is 12.3. The van der Waals surface area contributed by atoms with Crippen molar-refractivity contribution in [1.29, 1.82) is 0 Å². The maximum Gasteiger partial charge on any atom is 0.256 e. The number of rotatable bonds is 0. The van der Waals surface area contributed by atoms with Gasteiger partial charge in [-0.1, -0.05) is 11.6 Å². The normalized spacial score (nSPS) is 26.4. The molecule has 0 aromatic heterocycles. The number of aliphatic hydroxyl groups is 1. The van der Waals surface area contributed by atoms with Crippen LogP contribution < -0.4 is 5.32 Å². The molecule has 0 unspecified atom stereocenters. The molecular weight excluding hydrogens is 256 g/mol. The van der Waals surface area contributed by atoms with Gasteiger partial charge in [-0.05, 0) is 18.2 Å². The summed E-state index contributed by atoms with van der Waals surface area (Å²) >= 11 is 5.85. The molecule has 6 heteroatoms. The highest BCUT2D eigenvalue weighted by Crippen LogP contribution is 2.30. The first-order valence-corrected chi connectivity index (χ1v) is 6.03. The van der Waals surface area contributed by atoms with Crippen LogP contribution in [-0.2, 0) is 4.79 Å². The van der Waals surface area contributed by atoms with Crippen LogP contribution in [0.3, 0.4) is 0 Å². The minimum absolute atomic E-state index is 0.193. The second kappa shape index (κ2) is 3.96. The van der Waals surface area contributed by atoms with Crippen molar-refractivity contribution in [3.8, 4) is 0 Å². The van der Waals surface area contributed by atoms with Gasteiger partial charge in [-0.3, -0.25) is 9.59 Å². The number of benzene rings is 1. The van der Waals surface area contributed by atoms with Crippen molar-refractivity contribution in [2.75, 3.05) is 11.9 Å². The lowest BCUT2D eigenvalue weighted by Gasteiger charge is -2.19. The van der Waals surface area contributed by atoms with Gasteiger partial charge in [0.2, 0.25) is 5.91 Å². The van der Waals surface area contributed by atoms with Gasteiger partial charge in [0.1, 0.15) is 6.04 Å². The predicted molar refractivity (Wildman–Crippen MR) is 65.5 cm³/mol. The number of aliphatic hydroxyl groups excluding tert-OH is 1. The van der Waals surface area contributed by atoms with Crippen molar-refractivity contribution in [2.24, 2.45) is 0 Å². The van der Waals surface area contributed by atoms with Crippen LogP contribution in [0.5, 0.6) is 0 Å². The molecule has 2 aliphatic rings. The third-order valence-electron chi connectivity index (χ3n) is 3.31. The molecule has 1 fully saturated rings. The van der Waals surface area contributed by atoms with Crippen LogP contribution in [-0.4, -0.2) is 40.5 Å². The fourth-order valence-corrected chi connectivity index (χ4v) is 2.64. The van der Waals surface area contributed by atoms with E-state index in [1.54, 1.807) is 18.2 Å². The first-order chi connectivity index (χ1) is 8.56. The molecule has 0 radical (unpaired) electrons. The molecule has 2 aliphatic heterocycles. The zero-order valence-corrected chi connectivity index (χ0v) is 10.1. The first-order valence-electron chi connectivity index (χ1n) is 5.65. The highest BCUT2D eigenvalue weighted by Gasteiger charge is 2.42. The van der Waals surface area contributed by atoms with E-state index in [4.69, 9.17) is 11.6 Å². The van der Waals surface area contributed by atoms with E-state index in [0.29, 0.717) is 16.3 Å². The third kappa shape index (κ3) is 1.67. The molecule has 0 saturated carbocycles. The molecular formula is C12H11ClN2O3. The van der Waals surface area contributed by atoms with E-state index in [1.807, 2.05) is 0 Å². The summed E-state index contributed by atoms with van der Waals surface area (Å²) in [5, 5.41) is 12.7. The van der Waals surface area contributed by atoms with Crippen molar-refractivity contribution < 1.29 is 14.7 Å². The van der Waals surface area contributed by atoms with E-state index in [0.717, 1.165) is 0 Å². The lowest BCUT2D eigenvalue weighted by atomic mass is 10.1. The Morgan fingerprint density at radius 2 is 2.17 bits per heavy atom. The zero-order chi connectivity index (χ0) is 12.9. The zero-order valence-electron chi connectivity index (χ0n) is 9.39. The number of carbonyl (C=O) groups excluding carboxylic acids is 2. The second-order valence-electron chi connectivity index (χ2n) is 4.54. The minimum Gasteiger partial charge on any atom is -0.391 e.